The highest BCUT2D eigenvalue weighted by Gasteiger charge is 2.25. The van der Waals surface area contributed by atoms with Crippen LogP contribution in [0.4, 0.5) is 0 Å². The first-order valence-electron chi connectivity index (χ1n) is 5.11. The van der Waals surface area contributed by atoms with Crippen LogP contribution in [0, 0.1) is 0 Å². The molecule has 1 aliphatic rings. The molecule has 1 rings (SSSR count). The standard InChI is InChI=1S/C10H18N2O3/c1-2-4-12(5-6-13)10(14)9-8-15-7-3-11-9/h2,9,11,13H,1,3-8H2. The van der Waals surface area contributed by atoms with Gasteiger partial charge in [-0.05, 0) is 0 Å². The average Bonchev–Trinajstić information content (AvgIpc) is 2.29. The van der Waals surface area contributed by atoms with E-state index < -0.39 is 0 Å². The predicted octanol–water partition coefficient (Wildman–Crippen LogP) is -1.02. The second-order valence-electron chi connectivity index (χ2n) is 3.38. The molecule has 5 heteroatoms. The Morgan fingerprint density at radius 1 is 1.73 bits per heavy atom. The quantitative estimate of drug-likeness (QED) is 0.575. The number of carbonyl (C=O) groups excluding carboxylic acids is 1. The monoisotopic (exact) mass is 214 g/mol. The fourth-order valence-electron chi connectivity index (χ4n) is 1.51. The average molecular weight is 214 g/mol. The summed E-state index contributed by atoms with van der Waals surface area (Å²) in [5.41, 5.74) is 0. The Balaban J connectivity index is 2.48. The molecule has 0 bridgehead atoms. The number of nitrogens with one attached hydrogen (secondary N) is 1. The van der Waals surface area contributed by atoms with Crippen LogP contribution in [0.5, 0.6) is 0 Å². The van der Waals surface area contributed by atoms with Gasteiger partial charge in [-0.25, -0.2) is 0 Å². The maximum absolute atomic E-state index is 11.9. The van der Waals surface area contributed by atoms with Crippen molar-refractivity contribution >= 4 is 5.91 Å². The van der Waals surface area contributed by atoms with E-state index in [1.807, 2.05) is 0 Å². The Morgan fingerprint density at radius 2 is 2.53 bits per heavy atom. The van der Waals surface area contributed by atoms with E-state index in [0.29, 0.717) is 32.8 Å². The van der Waals surface area contributed by atoms with E-state index in [1.165, 1.54) is 0 Å². The van der Waals surface area contributed by atoms with Gasteiger partial charge in [0.25, 0.3) is 0 Å². The summed E-state index contributed by atoms with van der Waals surface area (Å²) in [5.74, 6) is -0.0383. The molecule has 0 saturated carbocycles. The highest BCUT2D eigenvalue weighted by Crippen LogP contribution is 2.00. The van der Waals surface area contributed by atoms with Crippen molar-refractivity contribution in [3.8, 4) is 0 Å². The second kappa shape index (κ2) is 6.55. The molecular formula is C10H18N2O3. The fraction of sp³-hybridized carbons (Fsp3) is 0.700. The topological polar surface area (TPSA) is 61.8 Å². The van der Waals surface area contributed by atoms with Crippen molar-refractivity contribution in [2.45, 2.75) is 6.04 Å². The normalized spacial score (nSPS) is 21.0. The summed E-state index contributed by atoms with van der Waals surface area (Å²) < 4.78 is 5.21. The van der Waals surface area contributed by atoms with Crippen LogP contribution in [0.2, 0.25) is 0 Å². The van der Waals surface area contributed by atoms with E-state index in [1.54, 1.807) is 11.0 Å². The SMILES string of the molecule is C=CCN(CCO)C(=O)C1COCCN1. The summed E-state index contributed by atoms with van der Waals surface area (Å²) in [4.78, 5) is 13.5. The third-order valence-electron chi connectivity index (χ3n) is 2.25. The molecule has 1 saturated heterocycles. The van der Waals surface area contributed by atoms with Crippen LogP contribution in [0.15, 0.2) is 12.7 Å². The molecule has 86 valence electrons. The van der Waals surface area contributed by atoms with Crippen molar-refractivity contribution in [1.29, 1.82) is 0 Å². The zero-order valence-corrected chi connectivity index (χ0v) is 8.82. The minimum absolute atomic E-state index is 0.0346. The van der Waals surface area contributed by atoms with E-state index in [0.717, 1.165) is 0 Å². The number of morpholine rings is 1. The van der Waals surface area contributed by atoms with E-state index in [2.05, 4.69) is 11.9 Å². The van der Waals surface area contributed by atoms with Crippen molar-refractivity contribution in [3.63, 3.8) is 0 Å². The Bertz CT molecular complexity index is 215. The van der Waals surface area contributed by atoms with Crippen molar-refractivity contribution in [1.82, 2.24) is 10.2 Å². The molecule has 5 nitrogen and oxygen atoms in total. The predicted molar refractivity (Wildman–Crippen MR) is 56.5 cm³/mol. The number of aliphatic hydroxyl groups excluding tert-OH is 1. The van der Waals surface area contributed by atoms with Crippen LogP contribution in [0.25, 0.3) is 0 Å². The van der Waals surface area contributed by atoms with Crippen LogP contribution in [0.3, 0.4) is 0 Å². The van der Waals surface area contributed by atoms with Crippen molar-refractivity contribution in [2.75, 3.05) is 39.5 Å². The molecule has 0 radical (unpaired) electrons. The molecule has 15 heavy (non-hydrogen) atoms. The van der Waals surface area contributed by atoms with E-state index in [4.69, 9.17) is 9.84 Å². The van der Waals surface area contributed by atoms with Crippen LogP contribution >= 0.6 is 0 Å². The second-order valence-corrected chi connectivity index (χ2v) is 3.38. The van der Waals surface area contributed by atoms with Gasteiger partial charge in [0.05, 0.1) is 19.8 Å². The third-order valence-corrected chi connectivity index (χ3v) is 2.25. The molecule has 0 aliphatic carbocycles. The number of carbonyl (C=O) groups is 1. The lowest BCUT2D eigenvalue weighted by Gasteiger charge is -2.28. The Kier molecular flexibility index (Phi) is 5.31. The lowest BCUT2D eigenvalue weighted by molar-refractivity contribution is -0.136. The summed E-state index contributed by atoms with van der Waals surface area (Å²) >= 11 is 0. The van der Waals surface area contributed by atoms with Crippen LogP contribution in [0.1, 0.15) is 0 Å². The van der Waals surface area contributed by atoms with Gasteiger partial charge in [-0.1, -0.05) is 6.08 Å². The maximum atomic E-state index is 11.9. The highest BCUT2D eigenvalue weighted by atomic mass is 16.5. The van der Waals surface area contributed by atoms with Crippen LogP contribution in [-0.2, 0) is 9.53 Å². The molecule has 0 spiro atoms. The van der Waals surface area contributed by atoms with Gasteiger partial charge in [0.2, 0.25) is 5.91 Å². The van der Waals surface area contributed by atoms with E-state index in [-0.39, 0.29) is 18.6 Å². The largest absolute Gasteiger partial charge is 0.395 e. The molecule has 0 aromatic rings. The molecule has 1 amide bonds. The maximum Gasteiger partial charge on any atom is 0.242 e. The minimum atomic E-state index is -0.287. The Hall–Kier alpha value is -0.910. The van der Waals surface area contributed by atoms with Crippen molar-refractivity contribution in [2.24, 2.45) is 0 Å². The van der Waals surface area contributed by atoms with Gasteiger partial charge >= 0.3 is 0 Å². The first-order chi connectivity index (χ1) is 7.29. The van der Waals surface area contributed by atoms with Gasteiger partial charge in [0.1, 0.15) is 6.04 Å². The number of nitrogens with zero attached hydrogens (tertiary/aromatic N) is 1. The molecule has 1 fully saturated rings. The van der Waals surface area contributed by atoms with Crippen molar-refractivity contribution < 1.29 is 14.6 Å². The summed E-state index contributed by atoms with van der Waals surface area (Å²) in [6, 6.07) is -0.287. The minimum Gasteiger partial charge on any atom is -0.395 e. The van der Waals surface area contributed by atoms with Gasteiger partial charge in [0.15, 0.2) is 0 Å². The first-order valence-corrected chi connectivity index (χ1v) is 5.11. The summed E-state index contributed by atoms with van der Waals surface area (Å²) in [6.07, 6.45) is 1.65. The summed E-state index contributed by atoms with van der Waals surface area (Å²) in [5, 5.41) is 11.9. The van der Waals surface area contributed by atoms with Gasteiger partial charge in [0, 0.05) is 19.6 Å². The number of hydrogen-bond acceptors (Lipinski definition) is 4. The zero-order chi connectivity index (χ0) is 11.1. The fourth-order valence-corrected chi connectivity index (χ4v) is 1.51. The molecular weight excluding hydrogens is 196 g/mol. The number of ether oxygens (including phenoxy) is 1. The number of aliphatic hydroxyl groups is 1. The molecule has 0 aromatic heterocycles. The lowest BCUT2D eigenvalue weighted by Crippen LogP contribution is -2.53. The van der Waals surface area contributed by atoms with Crippen LogP contribution in [-0.4, -0.2) is 61.4 Å². The molecule has 1 heterocycles. The first kappa shape index (κ1) is 12.2. The number of rotatable bonds is 5. The van der Waals surface area contributed by atoms with Gasteiger partial charge in [-0.15, -0.1) is 6.58 Å². The number of amides is 1. The molecule has 1 unspecified atom stereocenters. The summed E-state index contributed by atoms with van der Waals surface area (Å²) in [6.45, 7) is 6.08. The number of hydrogen-bond donors (Lipinski definition) is 2. The highest BCUT2D eigenvalue weighted by molar-refractivity contribution is 5.82. The van der Waals surface area contributed by atoms with Gasteiger partial charge in [-0.2, -0.15) is 0 Å². The van der Waals surface area contributed by atoms with E-state index in [9.17, 15) is 4.79 Å². The smallest absolute Gasteiger partial charge is 0.242 e. The Morgan fingerprint density at radius 3 is 3.07 bits per heavy atom. The summed E-state index contributed by atoms with van der Waals surface area (Å²) in [7, 11) is 0. The van der Waals surface area contributed by atoms with Gasteiger partial charge < -0.3 is 20.1 Å². The third kappa shape index (κ3) is 3.62. The Labute approximate surface area is 89.7 Å². The molecule has 0 aromatic carbocycles. The lowest BCUT2D eigenvalue weighted by atomic mass is 10.2. The molecule has 1 atom stereocenters. The zero-order valence-electron chi connectivity index (χ0n) is 8.82. The van der Waals surface area contributed by atoms with Crippen LogP contribution < -0.4 is 5.32 Å². The molecule has 2 N–H and O–H groups in total. The van der Waals surface area contributed by atoms with Crippen molar-refractivity contribution in [3.05, 3.63) is 12.7 Å². The molecule has 1 aliphatic heterocycles. The van der Waals surface area contributed by atoms with Gasteiger partial charge in [-0.3, -0.25) is 4.79 Å². The van der Waals surface area contributed by atoms with E-state index >= 15 is 0 Å².